The van der Waals surface area contributed by atoms with Gasteiger partial charge >= 0.3 is 0 Å². The van der Waals surface area contributed by atoms with Crippen molar-refractivity contribution < 1.29 is 8.42 Å². The molecule has 0 amide bonds. The summed E-state index contributed by atoms with van der Waals surface area (Å²) in [5.41, 5.74) is 0.246. The second-order valence-electron chi connectivity index (χ2n) is 5.90. The highest BCUT2D eigenvalue weighted by molar-refractivity contribution is 7.91. The van der Waals surface area contributed by atoms with Crippen LogP contribution in [0.2, 0.25) is 0 Å². The number of nitrogens with one attached hydrogen (secondary N) is 1. The number of sulfone groups is 1. The molecule has 2 aliphatic rings. The standard InChI is InChI=1S/C13H26N2O2S/c1-3-18(16,17)9-8-15-10-12(2)14-11-13(15)6-4-5-7-13/h12,14H,3-11H2,1-2H3. The van der Waals surface area contributed by atoms with E-state index >= 15 is 0 Å². The maximum atomic E-state index is 11.7. The fourth-order valence-electron chi connectivity index (χ4n) is 3.31. The van der Waals surface area contributed by atoms with Crippen LogP contribution in [0.4, 0.5) is 0 Å². The highest BCUT2D eigenvalue weighted by atomic mass is 32.2. The zero-order valence-corrected chi connectivity index (χ0v) is 12.4. The Hall–Kier alpha value is -0.130. The highest BCUT2D eigenvalue weighted by Crippen LogP contribution is 2.36. The Morgan fingerprint density at radius 3 is 2.61 bits per heavy atom. The van der Waals surface area contributed by atoms with Gasteiger partial charge in [-0.15, -0.1) is 0 Å². The summed E-state index contributed by atoms with van der Waals surface area (Å²) in [7, 11) is -2.84. The molecule has 0 aromatic rings. The largest absolute Gasteiger partial charge is 0.311 e. The number of hydrogen-bond acceptors (Lipinski definition) is 4. The van der Waals surface area contributed by atoms with Gasteiger partial charge in [0.05, 0.1) is 5.75 Å². The van der Waals surface area contributed by atoms with Gasteiger partial charge in [-0.2, -0.15) is 0 Å². The summed E-state index contributed by atoms with van der Waals surface area (Å²) in [6, 6.07) is 0.473. The van der Waals surface area contributed by atoms with Gasteiger partial charge in [0.1, 0.15) is 0 Å². The normalized spacial score (nSPS) is 28.9. The molecule has 1 heterocycles. The highest BCUT2D eigenvalue weighted by Gasteiger charge is 2.42. The fraction of sp³-hybridized carbons (Fsp3) is 1.00. The van der Waals surface area contributed by atoms with Crippen molar-refractivity contribution in [1.29, 1.82) is 0 Å². The van der Waals surface area contributed by atoms with Crippen LogP contribution in [0.15, 0.2) is 0 Å². The molecule has 4 nitrogen and oxygen atoms in total. The van der Waals surface area contributed by atoms with Crippen LogP contribution in [0.3, 0.4) is 0 Å². The van der Waals surface area contributed by atoms with Crippen LogP contribution in [-0.2, 0) is 9.84 Å². The molecule has 1 aliphatic heterocycles. The average Bonchev–Trinajstić information content (AvgIpc) is 2.80. The number of hydrogen-bond donors (Lipinski definition) is 1. The molecule has 1 N–H and O–H groups in total. The summed E-state index contributed by atoms with van der Waals surface area (Å²) in [6.07, 6.45) is 5.01. The van der Waals surface area contributed by atoms with Crippen molar-refractivity contribution in [3.8, 4) is 0 Å². The van der Waals surface area contributed by atoms with Gasteiger partial charge in [-0.1, -0.05) is 19.8 Å². The first-order chi connectivity index (χ1) is 8.47. The molecular weight excluding hydrogens is 248 g/mol. The Morgan fingerprint density at radius 2 is 2.00 bits per heavy atom. The van der Waals surface area contributed by atoms with Crippen LogP contribution >= 0.6 is 0 Å². The van der Waals surface area contributed by atoms with Gasteiger partial charge in [-0.05, 0) is 19.8 Å². The lowest BCUT2D eigenvalue weighted by molar-refractivity contribution is 0.0526. The van der Waals surface area contributed by atoms with E-state index in [1.165, 1.54) is 25.7 Å². The lowest BCUT2D eigenvalue weighted by Gasteiger charge is -2.47. The van der Waals surface area contributed by atoms with E-state index in [0.717, 1.165) is 13.1 Å². The zero-order chi connectivity index (χ0) is 13.2. The second kappa shape index (κ2) is 5.47. The first kappa shape index (κ1) is 14.3. The lowest BCUT2D eigenvalue weighted by Crippen LogP contribution is -2.63. The number of piperazine rings is 1. The molecule has 1 spiro atoms. The number of rotatable bonds is 4. The van der Waals surface area contributed by atoms with Crippen LogP contribution < -0.4 is 5.32 Å². The van der Waals surface area contributed by atoms with E-state index in [-0.39, 0.29) is 11.3 Å². The Kier molecular flexibility index (Phi) is 4.34. The van der Waals surface area contributed by atoms with Gasteiger partial charge < -0.3 is 5.32 Å². The predicted molar refractivity (Wildman–Crippen MR) is 74.6 cm³/mol. The molecule has 106 valence electrons. The van der Waals surface area contributed by atoms with Crippen LogP contribution in [-0.4, -0.2) is 56.0 Å². The topological polar surface area (TPSA) is 49.4 Å². The van der Waals surface area contributed by atoms with E-state index in [0.29, 0.717) is 18.3 Å². The molecule has 18 heavy (non-hydrogen) atoms. The van der Waals surface area contributed by atoms with Crippen molar-refractivity contribution in [2.75, 3.05) is 31.1 Å². The minimum absolute atomic E-state index is 0.246. The van der Waals surface area contributed by atoms with Crippen molar-refractivity contribution in [3.05, 3.63) is 0 Å². The monoisotopic (exact) mass is 274 g/mol. The predicted octanol–water partition coefficient (Wildman–Crippen LogP) is 1.03. The van der Waals surface area contributed by atoms with E-state index in [4.69, 9.17) is 0 Å². The Labute approximate surface area is 111 Å². The Balaban J connectivity index is 2.02. The molecule has 5 heteroatoms. The summed E-state index contributed by atoms with van der Waals surface area (Å²) in [4.78, 5) is 2.45. The van der Waals surface area contributed by atoms with Crippen LogP contribution in [0, 0.1) is 0 Å². The third-order valence-electron chi connectivity index (χ3n) is 4.59. The zero-order valence-electron chi connectivity index (χ0n) is 11.6. The third kappa shape index (κ3) is 3.06. The lowest BCUT2D eigenvalue weighted by atomic mass is 9.91. The first-order valence-corrected chi connectivity index (χ1v) is 8.98. The Morgan fingerprint density at radius 1 is 1.33 bits per heavy atom. The first-order valence-electron chi connectivity index (χ1n) is 7.16. The van der Waals surface area contributed by atoms with E-state index in [1.54, 1.807) is 6.92 Å². The van der Waals surface area contributed by atoms with Crippen LogP contribution in [0.1, 0.15) is 39.5 Å². The maximum Gasteiger partial charge on any atom is 0.151 e. The van der Waals surface area contributed by atoms with Crippen LogP contribution in [0.5, 0.6) is 0 Å². The molecule has 0 aromatic carbocycles. The Bertz CT molecular complexity index is 374. The maximum absolute atomic E-state index is 11.7. The van der Waals surface area contributed by atoms with Gasteiger partial charge in [0.2, 0.25) is 0 Å². The SMILES string of the molecule is CCS(=O)(=O)CCN1CC(C)NCC12CCCC2. The fourth-order valence-corrected chi connectivity index (χ4v) is 4.10. The molecule has 2 rings (SSSR count). The summed E-state index contributed by atoms with van der Waals surface area (Å²) >= 11 is 0. The molecule has 1 saturated heterocycles. The molecule has 0 aromatic heterocycles. The van der Waals surface area contributed by atoms with Crippen molar-refractivity contribution in [2.24, 2.45) is 0 Å². The third-order valence-corrected chi connectivity index (χ3v) is 6.28. The molecule has 1 atom stereocenters. The van der Waals surface area contributed by atoms with Crippen molar-refractivity contribution in [2.45, 2.75) is 51.1 Å². The molecular formula is C13H26N2O2S. The molecule has 1 unspecified atom stereocenters. The smallest absolute Gasteiger partial charge is 0.151 e. The average molecular weight is 274 g/mol. The summed E-state index contributed by atoms with van der Waals surface area (Å²) in [6.45, 7) is 6.64. The van der Waals surface area contributed by atoms with E-state index < -0.39 is 9.84 Å². The van der Waals surface area contributed by atoms with Crippen molar-refractivity contribution in [3.63, 3.8) is 0 Å². The van der Waals surface area contributed by atoms with Crippen LogP contribution in [0.25, 0.3) is 0 Å². The molecule has 2 fully saturated rings. The van der Waals surface area contributed by atoms with Crippen molar-refractivity contribution in [1.82, 2.24) is 10.2 Å². The summed E-state index contributed by atoms with van der Waals surface area (Å²) < 4.78 is 23.4. The molecule has 0 bridgehead atoms. The second-order valence-corrected chi connectivity index (χ2v) is 8.37. The summed E-state index contributed by atoms with van der Waals surface area (Å²) in [5, 5.41) is 3.56. The van der Waals surface area contributed by atoms with Gasteiger partial charge in [0, 0.05) is 37.0 Å². The van der Waals surface area contributed by atoms with Gasteiger partial charge in [-0.3, -0.25) is 4.90 Å². The minimum atomic E-state index is -2.84. The van der Waals surface area contributed by atoms with E-state index in [9.17, 15) is 8.42 Å². The molecule has 1 saturated carbocycles. The van der Waals surface area contributed by atoms with Gasteiger partial charge in [0.25, 0.3) is 0 Å². The van der Waals surface area contributed by atoms with E-state index in [1.807, 2.05) is 0 Å². The molecule has 1 aliphatic carbocycles. The van der Waals surface area contributed by atoms with Gasteiger partial charge in [-0.25, -0.2) is 8.42 Å². The minimum Gasteiger partial charge on any atom is -0.311 e. The quantitative estimate of drug-likeness (QED) is 0.832. The number of nitrogens with zero attached hydrogens (tertiary/aromatic N) is 1. The van der Waals surface area contributed by atoms with Crippen molar-refractivity contribution >= 4 is 9.84 Å². The van der Waals surface area contributed by atoms with E-state index in [2.05, 4.69) is 17.1 Å². The van der Waals surface area contributed by atoms with Gasteiger partial charge in [0.15, 0.2) is 9.84 Å². The summed E-state index contributed by atoms with van der Waals surface area (Å²) in [5.74, 6) is 0.583. The molecule has 0 radical (unpaired) electrons.